The summed E-state index contributed by atoms with van der Waals surface area (Å²) in [7, 11) is 0. The molecule has 0 unspecified atom stereocenters. The van der Waals surface area contributed by atoms with Crippen LogP contribution in [0, 0.1) is 6.92 Å². The molecule has 1 aromatic heterocycles. The minimum absolute atomic E-state index is 0.213. The van der Waals surface area contributed by atoms with Gasteiger partial charge in [0.05, 0.1) is 0 Å². The number of hydrogen-bond donors (Lipinski definition) is 1. The Kier molecular flexibility index (Phi) is 6.14. The van der Waals surface area contributed by atoms with E-state index in [0.717, 1.165) is 37.6 Å². The van der Waals surface area contributed by atoms with E-state index in [9.17, 15) is 4.79 Å². The fraction of sp³-hybridized carbons (Fsp3) is 0.684. The van der Waals surface area contributed by atoms with E-state index in [-0.39, 0.29) is 6.09 Å². The normalized spacial score (nSPS) is 16.6. The first-order chi connectivity index (χ1) is 11.8. The van der Waals surface area contributed by atoms with Crippen LogP contribution in [0.3, 0.4) is 0 Å². The second kappa shape index (κ2) is 7.93. The van der Waals surface area contributed by atoms with Crippen LogP contribution in [0.25, 0.3) is 0 Å². The van der Waals surface area contributed by atoms with Crippen molar-refractivity contribution in [3.05, 3.63) is 17.3 Å². The molecule has 6 nitrogen and oxygen atoms in total. The topological polar surface area (TPSA) is 57.7 Å². The van der Waals surface area contributed by atoms with E-state index in [1.807, 2.05) is 41.5 Å². The van der Waals surface area contributed by atoms with Crippen molar-refractivity contribution in [1.82, 2.24) is 9.88 Å². The van der Waals surface area contributed by atoms with Crippen molar-refractivity contribution in [3.63, 3.8) is 0 Å². The van der Waals surface area contributed by atoms with Gasteiger partial charge in [0.1, 0.15) is 11.4 Å². The predicted molar refractivity (Wildman–Crippen MR) is 103 cm³/mol. The second-order valence-electron chi connectivity index (χ2n) is 7.24. The average molecular weight is 348 g/mol. The molecule has 1 N–H and O–H groups in total. The quantitative estimate of drug-likeness (QED) is 0.842. The zero-order valence-electron chi connectivity index (χ0n) is 16.5. The highest BCUT2D eigenvalue weighted by Crippen LogP contribution is 2.32. The first-order valence-electron chi connectivity index (χ1n) is 9.31. The third kappa shape index (κ3) is 4.77. The lowest BCUT2D eigenvalue weighted by Gasteiger charge is -2.37. The van der Waals surface area contributed by atoms with Gasteiger partial charge in [0.25, 0.3) is 0 Å². The first-order valence-corrected chi connectivity index (χ1v) is 9.31. The van der Waals surface area contributed by atoms with Crippen molar-refractivity contribution >= 4 is 17.6 Å². The fourth-order valence-corrected chi connectivity index (χ4v) is 3.12. The van der Waals surface area contributed by atoms with Gasteiger partial charge < -0.3 is 19.9 Å². The van der Waals surface area contributed by atoms with Gasteiger partial charge in [0.15, 0.2) is 0 Å². The van der Waals surface area contributed by atoms with Gasteiger partial charge in [-0.25, -0.2) is 9.78 Å². The molecule has 140 valence electrons. The minimum Gasteiger partial charge on any atom is -0.444 e. The molecule has 1 aromatic rings. The van der Waals surface area contributed by atoms with E-state index in [1.54, 1.807) is 4.90 Å². The maximum Gasteiger partial charge on any atom is 0.410 e. The molecule has 25 heavy (non-hydrogen) atoms. The highest BCUT2D eigenvalue weighted by Gasteiger charge is 2.28. The van der Waals surface area contributed by atoms with E-state index in [2.05, 4.69) is 21.3 Å². The molecule has 3 rings (SSSR count). The molecular formula is C19H32N4O2. The summed E-state index contributed by atoms with van der Waals surface area (Å²) in [5.74, 6) is 1.02. The first kappa shape index (κ1) is 19.3. The Morgan fingerprint density at radius 2 is 1.84 bits per heavy atom. The number of aromatic nitrogens is 1. The van der Waals surface area contributed by atoms with Gasteiger partial charge in [-0.2, -0.15) is 0 Å². The Labute approximate surface area is 151 Å². The van der Waals surface area contributed by atoms with Crippen molar-refractivity contribution in [3.8, 4) is 0 Å². The Bertz CT molecular complexity index is 602. The fourth-order valence-electron chi connectivity index (χ4n) is 3.12. The second-order valence-corrected chi connectivity index (χ2v) is 7.24. The summed E-state index contributed by atoms with van der Waals surface area (Å²) >= 11 is 0. The highest BCUT2D eigenvalue weighted by atomic mass is 16.6. The van der Waals surface area contributed by atoms with Crippen LogP contribution in [-0.2, 0) is 11.2 Å². The number of piperazine rings is 1. The monoisotopic (exact) mass is 348 g/mol. The summed E-state index contributed by atoms with van der Waals surface area (Å²) in [5, 5.41) is 3.35. The molecule has 2 aliphatic heterocycles. The maximum absolute atomic E-state index is 12.2. The van der Waals surface area contributed by atoms with Gasteiger partial charge in [0.2, 0.25) is 0 Å². The van der Waals surface area contributed by atoms with Crippen LogP contribution in [0.1, 0.15) is 45.9 Å². The standard InChI is InChI=1S/C17H26N4O2.C2H6/c1-12-11-14(13-5-6-18-15(13)19-12)20-7-9-21(10-8-20)16(22)23-17(2,3)4;1-2/h11H,5-10H2,1-4H3,(H,18,19);1-2H3. The van der Waals surface area contributed by atoms with Gasteiger partial charge in [-0.05, 0) is 40.2 Å². The number of fused-ring (bicyclic) bond motifs is 1. The number of carbonyl (C=O) groups excluding carboxylic acids is 1. The summed E-state index contributed by atoms with van der Waals surface area (Å²) in [5.41, 5.74) is 3.16. The number of amides is 1. The smallest absolute Gasteiger partial charge is 0.410 e. The molecule has 0 bridgehead atoms. The van der Waals surface area contributed by atoms with Gasteiger partial charge in [-0.1, -0.05) is 13.8 Å². The van der Waals surface area contributed by atoms with Crippen LogP contribution in [0.2, 0.25) is 0 Å². The maximum atomic E-state index is 12.2. The molecular weight excluding hydrogens is 316 g/mol. The number of rotatable bonds is 1. The Morgan fingerprint density at radius 1 is 1.20 bits per heavy atom. The van der Waals surface area contributed by atoms with E-state index < -0.39 is 5.60 Å². The summed E-state index contributed by atoms with van der Waals surface area (Å²) in [6.07, 6.45) is 0.805. The van der Waals surface area contributed by atoms with Crippen LogP contribution in [-0.4, -0.2) is 54.3 Å². The minimum atomic E-state index is -0.442. The Morgan fingerprint density at radius 3 is 2.44 bits per heavy atom. The van der Waals surface area contributed by atoms with E-state index in [1.165, 1.54) is 11.3 Å². The molecule has 0 saturated carbocycles. The van der Waals surface area contributed by atoms with Gasteiger partial charge >= 0.3 is 6.09 Å². The molecule has 0 spiro atoms. The van der Waals surface area contributed by atoms with Crippen molar-refractivity contribution in [2.24, 2.45) is 0 Å². The van der Waals surface area contributed by atoms with E-state index in [4.69, 9.17) is 4.74 Å². The lowest BCUT2D eigenvalue weighted by molar-refractivity contribution is 0.0240. The lowest BCUT2D eigenvalue weighted by Crippen LogP contribution is -2.50. The zero-order valence-corrected chi connectivity index (χ0v) is 16.5. The number of nitrogens with one attached hydrogen (secondary N) is 1. The van der Waals surface area contributed by atoms with Crippen molar-refractivity contribution in [2.45, 2.75) is 53.6 Å². The number of hydrogen-bond acceptors (Lipinski definition) is 5. The summed E-state index contributed by atoms with van der Waals surface area (Å²) < 4.78 is 5.46. The summed E-state index contributed by atoms with van der Waals surface area (Å²) in [6.45, 7) is 15.7. The number of aryl methyl sites for hydroxylation is 1. The molecule has 6 heteroatoms. The highest BCUT2D eigenvalue weighted by molar-refractivity contribution is 5.70. The number of ether oxygens (including phenoxy) is 1. The molecule has 3 heterocycles. The SMILES string of the molecule is CC.Cc1cc(N2CCN(C(=O)OC(C)(C)C)CC2)c2c(n1)NCC2. The van der Waals surface area contributed by atoms with Crippen LogP contribution >= 0.6 is 0 Å². The average Bonchev–Trinajstić information content (AvgIpc) is 3.03. The lowest BCUT2D eigenvalue weighted by atomic mass is 10.1. The summed E-state index contributed by atoms with van der Waals surface area (Å²) in [6, 6.07) is 2.16. The zero-order chi connectivity index (χ0) is 18.6. The third-order valence-electron chi connectivity index (χ3n) is 4.17. The molecule has 0 atom stereocenters. The molecule has 1 amide bonds. The molecule has 0 aromatic carbocycles. The number of pyridine rings is 1. The summed E-state index contributed by atoms with van der Waals surface area (Å²) in [4.78, 5) is 20.9. The third-order valence-corrected chi connectivity index (χ3v) is 4.17. The van der Waals surface area contributed by atoms with Gasteiger partial charge in [0, 0.05) is 49.7 Å². The van der Waals surface area contributed by atoms with E-state index >= 15 is 0 Å². The largest absolute Gasteiger partial charge is 0.444 e. The van der Waals surface area contributed by atoms with Crippen LogP contribution in [0.5, 0.6) is 0 Å². The number of anilines is 2. The number of carbonyl (C=O) groups is 1. The molecule has 0 aliphatic carbocycles. The molecule has 0 radical (unpaired) electrons. The van der Waals surface area contributed by atoms with Crippen molar-refractivity contribution in [1.29, 1.82) is 0 Å². The number of nitrogens with zero attached hydrogens (tertiary/aromatic N) is 3. The van der Waals surface area contributed by atoms with Crippen LogP contribution in [0.15, 0.2) is 6.07 Å². The van der Waals surface area contributed by atoms with Crippen molar-refractivity contribution in [2.75, 3.05) is 42.9 Å². The molecule has 1 saturated heterocycles. The molecule has 1 fully saturated rings. The van der Waals surface area contributed by atoms with Gasteiger partial charge in [-0.15, -0.1) is 0 Å². The van der Waals surface area contributed by atoms with Crippen LogP contribution in [0.4, 0.5) is 16.3 Å². The van der Waals surface area contributed by atoms with E-state index in [0.29, 0.717) is 13.1 Å². The molecule has 2 aliphatic rings. The Balaban J connectivity index is 0.00000109. The van der Waals surface area contributed by atoms with Gasteiger partial charge in [-0.3, -0.25) is 0 Å². The van der Waals surface area contributed by atoms with Crippen LogP contribution < -0.4 is 10.2 Å². The Hall–Kier alpha value is -1.98. The predicted octanol–water partition coefficient (Wildman–Crippen LogP) is 3.44. The van der Waals surface area contributed by atoms with Crippen molar-refractivity contribution < 1.29 is 9.53 Å².